The summed E-state index contributed by atoms with van der Waals surface area (Å²) in [6.07, 6.45) is 4.88. The smallest absolute Gasteiger partial charge is 0.249 e. The molecule has 0 saturated carbocycles. The van der Waals surface area contributed by atoms with Crippen molar-refractivity contribution in [2.45, 2.75) is 26.4 Å². The van der Waals surface area contributed by atoms with Crippen molar-refractivity contribution in [3.63, 3.8) is 0 Å². The fourth-order valence-corrected chi connectivity index (χ4v) is 2.90. The predicted molar refractivity (Wildman–Crippen MR) is 101 cm³/mol. The second-order valence-electron chi connectivity index (χ2n) is 5.83. The van der Waals surface area contributed by atoms with Crippen molar-refractivity contribution in [3.05, 3.63) is 63.4 Å². The van der Waals surface area contributed by atoms with Gasteiger partial charge in [0.1, 0.15) is 11.9 Å². The minimum absolute atomic E-state index is 0.169. The van der Waals surface area contributed by atoms with Gasteiger partial charge in [0, 0.05) is 23.0 Å². The van der Waals surface area contributed by atoms with Crippen LogP contribution in [0.2, 0.25) is 5.02 Å². The zero-order chi connectivity index (χ0) is 18.8. The second kappa shape index (κ2) is 7.59. The Hall–Kier alpha value is -2.19. The van der Waals surface area contributed by atoms with E-state index in [-0.39, 0.29) is 12.5 Å². The van der Waals surface area contributed by atoms with Crippen molar-refractivity contribution in [2.75, 3.05) is 5.32 Å². The minimum atomic E-state index is -0.496. The van der Waals surface area contributed by atoms with Crippen molar-refractivity contribution >= 4 is 39.1 Å². The molecular formula is C17H16BrClFN5O. The van der Waals surface area contributed by atoms with Gasteiger partial charge in [-0.2, -0.15) is 10.2 Å². The number of rotatable bonds is 5. The molecule has 0 saturated heterocycles. The normalized spacial score (nSPS) is 12.2. The second-order valence-corrected chi connectivity index (χ2v) is 7.10. The summed E-state index contributed by atoms with van der Waals surface area (Å²) in [5, 5.41) is 11.5. The van der Waals surface area contributed by atoms with E-state index in [9.17, 15) is 9.18 Å². The van der Waals surface area contributed by atoms with Crippen molar-refractivity contribution in [3.8, 4) is 0 Å². The van der Waals surface area contributed by atoms with E-state index >= 15 is 0 Å². The molecule has 0 aliphatic heterocycles. The molecule has 1 unspecified atom stereocenters. The number of hydrogen-bond acceptors (Lipinski definition) is 3. The molecule has 26 heavy (non-hydrogen) atoms. The third kappa shape index (κ3) is 3.96. The first kappa shape index (κ1) is 18.6. The fraction of sp³-hybridized carbons (Fsp3) is 0.235. The first-order chi connectivity index (χ1) is 12.3. The van der Waals surface area contributed by atoms with Gasteiger partial charge in [-0.25, -0.2) is 4.39 Å². The Labute approximate surface area is 163 Å². The number of nitrogens with one attached hydrogen (secondary N) is 1. The third-order valence-electron chi connectivity index (χ3n) is 3.92. The molecule has 1 atom stereocenters. The number of carbonyl (C=O) groups is 1. The first-order valence-electron chi connectivity index (χ1n) is 7.82. The lowest BCUT2D eigenvalue weighted by atomic mass is 10.2. The van der Waals surface area contributed by atoms with Crippen LogP contribution in [-0.4, -0.2) is 25.5 Å². The number of amides is 1. The zero-order valence-corrected chi connectivity index (χ0v) is 16.4. The van der Waals surface area contributed by atoms with Gasteiger partial charge in [-0.3, -0.25) is 14.2 Å². The summed E-state index contributed by atoms with van der Waals surface area (Å²) in [5.41, 5.74) is 1.66. The maximum atomic E-state index is 13.9. The molecule has 136 valence electrons. The van der Waals surface area contributed by atoms with Crippen LogP contribution >= 0.6 is 27.5 Å². The monoisotopic (exact) mass is 439 g/mol. The number of anilines is 1. The van der Waals surface area contributed by atoms with E-state index in [0.29, 0.717) is 16.3 Å². The lowest BCUT2D eigenvalue weighted by Gasteiger charge is -2.11. The highest BCUT2D eigenvalue weighted by molar-refractivity contribution is 9.10. The van der Waals surface area contributed by atoms with Gasteiger partial charge in [0.15, 0.2) is 0 Å². The average molecular weight is 441 g/mol. The lowest BCUT2D eigenvalue weighted by Crippen LogP contribution is -2.24. The van der Waals surface area contributed by atoms with Crippen LogP contribution in [0.3, 0.4) is 0 Å². The van der Waals surface area contributed by atoms with Gasteiger partial charge in [-0.1, -0.05) is 17.7 Å². The highest BCUT2D eigenvalue weighted by atomic mass is 79.9. The molecule has 0 spiro atoms. The number of aryl methyl sites for hydroxylation is 1. The van der Waals surface area contributed by atoms with Gasteiger partial charge in [0.05, 0.1) is 28.6 Å². The van der Waals surface area contributed by atoms with Gasteiger partial charge < -0.3 is 5.32 Å². The van der Waals surface area contributed by atoms with Crippen LogP contribution in [0.15, 0.2) is 41.3 Å². The van der Waals surface area contributed by atoms with Crippen molar-refractivity contribution in [1.29, 1.82) is 0 Å². The molecule has 3 aromatic rings. The van der Waals surface area contributed by atoms with E-state index in [1.54, 1.807) is 36.1 Å². The van der Waals surface area contributed by atoms with Crippen LogP contribution in [0.4, 0.5) is 10.1 Å². The third-order valence-corrected chi connectivity index (χ3v) is 5.05. The highest BCUT2D eigenvalue weighted by Crippen LogP contribution is 2.21. The molecule has 0 fully saturated rings. The molecule has 1 amide bonds. The van der Waals surface area contributed by atoms with Crippen LogP contribution in [0.5, 0.6) is 0 Å². The summed E-state index contributed by atoms with van der Waals surface area (Å²) in [5.74, 6) is -0.629. The molecule has 3 rings (SSSR count). The summed E-state index contributed by atoms with van der Waals surface area (Å²) >= 11 is 9.41. The van der Waals surface area contributed by atoms with E-state index in [1.807, 2.05) is 6.92 Å². The predicted octanol–water partition coefficient (Wildman–Crippen LogP) is 4.19. The Kier molecular flexibility index (Phi) is 5.43. The average Bonchev–Trinajstić information content (AvgIpc) is 3.17. The van der Waals surface area contributed by atoms with Crippen LogP contribution in [0, 0.1) is 12.7 Å². The Morgan fingerprint density at radius 3 is 2.85 bits per heavy atom. The van der Waals surface area contributed by atoms with E-state index in [0.717, 1.165) is 10.2 Å². The quantitative estimate of drug-likeness (QED) is 0.647. The number of halogens is 3. The Balaban J connectivity index is 1.69. The first-order valence-corrected chi connectivity index (χ1v) is 8.99. The maximum Gasteiger partial charge on any atom is 0.249 e. The van der Waals surface area contributed by atoms with Gasteiger partial charge >= 0.3 is 0 Å². The Bertz CT molecular complexity index is 915. The Morgan fingerprint density at radius 2 is 2.19 bits per heavy atom. The van der Waals surface area contributed by atoms with Crippen LogP contribution in [0.25, 0.3) is 0 Å². The topological polar surface area (TPSA) is 64.7 Å². The number of nitrogens with zero attached hydrogens (tertiary/aromatic N) is 4. The molecule has 0 radical (unpaired) electrons. The van der Waals surface area contributed by atoms with E-state index in [1.165, 1.54) is 16.9 Å². The van der Waals surface area contributed by atoms with Crippen LogP contribution < -0.4 is 5.32 Å². The molecule has 2 heterocycles. The molecule has 0 bridgehead atoms. The van der Waals surface area contributed by atoms with Gasteiger partial charge in [-0.05, 0) is 41.9 Å². The molecular weight excluding hydrogens is 425 g/mol. The molecule has 1 N–H and O–H groups in total. The summed E-state index contributed by atoms with van der Waals surface area (Å²) in [6, 6.07) is 4.02. The molecule has 0 aliphatic rings. The summed E-state index contributed by atoms with van der Waals surface area (Å²) in [7, 11) is 0. The summed E-state index contributed by atoms with van der Waals surface area (Å²) in [4.78, 5) is 12.4. The van der Waals surface area contributed by atoms with Crippen molar-refractivity contribution in [2.24, 2.45) is 0 Å². The number of aromatic nitrogens is 4. The van der Waals surface area contributed by atoms with Crippen molar-refractivity contribution in [1.82, 2.24) is 19.6 Å². The number of hydrogen-bond donors (Lipinski definition) is 1. The summed E-state index contributed by atoms with van der Waals surface area (Å²) < 4.78 is 17.8. The number of benzene rings is 1. The molecule has 9 heteroatoms. The maximum absolute atomic E-state index is 13.9. The molecule has 0 aliphatic carbocycles. The van der Waals surface area contributed by atoms with Gasteiger partial charge in [0.25, 0.3) is 0 Å². The SMILES string of the molecule is Cc1nn(C(C)C(=O)Nc2cnn(Cc3c(F)cccc3Cl)c2)cc1Br. The highest BCUT2D eigenvalue weighted by Gasteiger charge is 2.18. The molecule has 6 nitrogen and oxygen atoms in total. The molecule has 2 aromatic heterocycles. The Morgan fingerprint density at radius 1 is 1.42 bits per heavy atom. The van der Waals surface area contributed by atoms with Crippen LogP contribution in [-0.2, 0) is 11.3 Å². The van der Waals surface area contributed by atoms with E-state index in [2.05, 4.69) is 31.4 Å². The van der Waals surface area contributed by atoms with Gasteiger partial charge in [-0.15, -0.1) is 0 Å². The van der Waals surface area contributed by atoms with E-state index < -0.39 is 11.9 Å². The standard InChI is InChI=1S/C17H16BrClFN5O/c1-10-14(18)9-25(23-10)11(2)17(26)22-12-6-21-24(7-12)8-13-15(19)4-3-5-16(13)20/h3-7,9,11H,8H2,1-2H3,(H,22,26). The largest absolute Gasteiger partial charge is 0.322 e. The minimum Gasteiger partial charge on any atom is -0.322 e. The lowest BCUT2D eigenvalue weighted by molar-refractivity contribution is -0.119. The summed E-state index contributed by atoms with van der Waals surface area (Å²) in [6.45, 7) is 3.77. The van der Waals surface area contributed by atoms with Crippen LogP contribution in [0.1, 0.15) is 24.2 Å². The fourth-order valence-electron chi connectivity index (χ4n) is 2.38. The molecule has 1 aromatic carbocycles. The van der Waals surface area contributed by atoms with E-state index in [4.69, 9.17) is 11.6 Å². The van der Waals surface area contributed by atoms with Gasteiger partial charge in [0.2, 0.25) is 5.91 Å². The number of carbonyl (C=O) groups excluding carboxylic acids is 1. The van der Waals surface area contributed by atoms with Crippen molar-refractivity contribution < 1.29 is 9.18 Å². The zero-order valence-electron chi connectivity index (χ0n) is 14.1.